The number of rotatable bonds is 3. The van der Waals surface area contributed by atoms with E-state index in [-0.39, 0.29) is 5.91 Å². The van der Waals surface area contributed by atoms with Crippen LogP contribution in [0.4, 0.5) is 0 Å². The minimum Gasteiger partial charge on any atom is -0.334 e. The highest BCUT2D eigenvalue weighted by Gasteiger charge is 2.16. The van der Waals surface area contributed by atoms with Crippen LogP contribution in [0.3, 0.4) is 0 Å². The molecule has 1 amide bonds. The number of nitrogens with zero attached hydrogens (tertiary/aromatic N) is 3. The van der Waals surface area contributed by atoms with Crippen molar-refractivity contribution in [2.45, 2.75) is 32.2 Å². The van der Waals surface area contributed by atoms with Crippen molar-refractivity contribution < 1.29 is 4.79 Å². The fourth-order valence-electron chi connectivity index (χ4n) is 2.69. The first-order valence-electron chi connectivity index (χ1n) is 6.95. The third-order valence-electron chi connectivity index (χ3n) is 3.79. The smallest absolute Gasteiger partial charge is 0.254 e. The number of hydrogen-bond acceptors (Lipinski definition) is 3. The summed E-state index contributed by atoms with van der Waals surface area (Å²) >= 11 is 0. The Labute approximate surface area is 118 Å². The lowest BCUT2D eigenvalue weighted by atomic mass is 9.90. The Morgan fingerprint density at radius 2 is 2.10 bits per heavy atom. The Kier molecular flexibility index (Phi) is 3.50. The highest BCUT2D eigenvalue weighted by atomic mass is 16.2. The maximum absolute atomic E-state index is 12.4. The van der Waals surface area contributed by atoms with E-state index < -0.39 is 0 Å². The highest BCUT2D eigenvalue weighted by molar-refractivity contribution is 5.94. The zero-order valence-corrected chi connectivity index (χ0v) is 11.6. The fraction of sp³-hybridized carbons (Fsp3) is 0.400. The summed E-state index contributed by atoms with van der Waals surface area (Å²) in [6.45, 7) is 0.440. The molecule has 1 aliphatic carbocycles. The predicted octanol–water partition coefficient (Wildman–Crippen LogP) is 1.96. The number of benzene rings is 1. The number of carbonyl (C=O) groups excluding carboxylic acids is 1. The molecule has 1 heterocycles. The molecule has 0 spiro atoms. The lowest BCUT2D eigenvalue weighted by Crippen LogP contribution is -2.27. The van der Waals surface area contributed by atoms with Gasteiger partial charge in [0.1, 0.15) is 12.2 Å². The van der Waals surface area contributed by atoms with Gasteiger partial charge in [-0.15, -0.1) is 0 Å². The van der Waals surface area contributed by atoms with Gasteiger partial charge in [0.15, 0.2) is 0 Å². The molecule has 104 valence electrons. The van der Waals surface area contributed by atoms with E-state index >= 15 is 0 Å². The van der Waals surface area contributed by atoms with Crippen LogP contribution in [0.15, 0.2) is 24.5 Å². The molecule has 0 bridgehead atoms. The van der Waals surface area contributed by atoms with Crippen molar-refractivity contribution in [3.05, 3.63) is 47.0 Å². The second kappa shape index (κ2) is 5.45. The van der Waals surface area contributed by atoms with E-state index in [2.05, 4.69) is 21.2 Å². The predicted molar refractivity (Wildman–Crippen MR) is 75.3 cm³/mol. The van der Waals surface area contributed by atoms with Gasteiger partial charge in [-0.25, -0.2) is 4.98 Å². The summed E-state index contributed by atoms with van der Waals surface area (Å²) in [6.07, 6.45) is 6.15. The van der Waals surface area contributed by atoms with E-state index in [4.69, 9.17) is 0 Å². The second-order valence-electron chi connectivity index (χ2n) is 5.28. The fourth-order valence-corrected chi connectivity index (χ4v) is 2.69. The summed E-state index contributed by atoms with van der Waals surface area (Å²) in [4.78, 5) is 18.1. The average molecular weight is 270 g/mol. The van der Waals surface area contributed by atoms with Crippen molar-refractivity contribution in [1.82, 2.24) is 20.1 Å². The van der Waals surface area contributed by atoms with Gasteiger partial charge in [0.05, 0.1) is 6.54 Å². The lowest BCUT2D eigenvalue weighted by molar-refractivity contribution is 0.0781. The molecule has 0 atom stereocenters. The Balaban J connectivity index is 1.76. The number of fused-ring (bicyclic) bond motifs is 1. The van der Waals surface area contributed by atoms with Gasteiger partial charge in [-0.2, -0.15) is 5.10 Å². The van der Waals surface area contributed by atoms with Crippen molar-refractivity contribution in [2.75, 3.05) is 7.05 Å². The van der Waals surface area contributed by atoms with Gasteiger partial charge in [-0.05, 0) is 48.9 Å². The number of aromatic nitrogens is 3. The van der Waals surface area contributed by atoms with Crippen LogP contribution in [0.1, 0.15) is 40.2 Å². The van der Waals surface area contributed by atoms with Gasteiger partial charge in [0.25, 0.3) is 5.91 Å². The van der Waals surface area contributed by atoms with Gasteiger partial charge in [-0.3, -0.25) is 9.89 Å². The van der Waals surface area contributed by atoms with E-state index in [1.165, 1.54) is 30.3 Å². The highest BCUT2D eigenvalue weighted by Crippen LogP contribution is 2.22. The van der Waals surface area contributed by atoms with Crippen LogP contribution in [0.5, 0.6) is 0 Å². The standard InChI is InChI=1S/C15H18N4O/c1-19(9-14-16-10-17-18-14)15(20)13-7-6-11-4-2-3-5-12(11)8-13/h6-8,10H,2-5,9H2,1H3,(H,16,17,18). The van der Waals surface area contributed by atoms with Crippen molar-refractivity contribution in [3.63, 3.8) is 0 Å². The first-order valence-corrected chi connectivity index (χ1v) is 6.95. The Hall–Kier alpha value is -2.17. The van der Waals surface area contributed by atoms with Gasteiger partial charge < -0.3 is 4.90 Å². The maximum atomic E-state index is 12.4. The molecular formula is C15H18N4O. The van der Waals surface area contributed by atoms with Crippen LogP contribution in [0, 0.1) is 0 Å². The molecular weight excluding hydrogens is 252 g/mol. The van der Waals surface area contributed by atoms with Gasteiger partial charge >= 0.3 is 0 Å². The Morgan fingerprint density at radius 3 is 2.85 bits per heavy atom. The molecule has 0 saturated carbocycles. The number of carbonyl (C=O) groups is 1. The number of hydrogen-bond donors (Lipinski definition) is 1. The molecule has 1 aliphatic rings. The summed E-state index contributed by atoms with van der Waals surface area (Å²) in [6, 6.07) is 6.08. The van der Waals surface area contributed by atoms with Crippen LogP contribution in [-0.2, 0) is 19.4 Å². The lowest BCUT2D eigenvalue weighted by Gasteiger charge is -2.19. The normalized spacial score (nSPS) is 13.8. The molecule has 0 fully saturated rings. The van der Waals surface area contributed by atoms with Gasteiger partial charge in [-0.1, -0.05) is 6.07 Å². The number of aryl methyl sites for hydroxylation is 2. The molecule has 0 saturated heterocycles. The Morgan fingerprint density at radius 1 is 1.30 bits per heavy atom. The maximum Gasteiger partial charge on any atom is 0.254 e. The van der Waals surface area contributed by atoms with Crippen LogP contribution < -0.4 is 0 Å². The Bertz CT molecular complexity index is 606. The van der Waals surface area contributed by atoms with Crippen molar-refractivity contribution in [2.24, 2.45) is 0 Å². The number of aromatic amines is 1. The van der Waals surface area contributed by atoms with Crippen LogP contribution in [0.2, 0.25) is 0 Å². The molecule has 1 aromatic heterocycles. The molecule has 0 radical (unpaired) electrons. The van der Waals surface area contributed by atoms with Crippen LogP contribution in [-0.4, -0.2) is 33.0 Å². The van der Waals surface area contributed by atoms with Crippen molar-refractivity contribution >= 4 is 5.91 Å². The summed E-state index contributed by atoms with van der Waals surface area (Å²) in [7, 11) is 1.78. The van der Waals surface area contributed by atoms with Gasteiger partial charge in [0.2, 0.25) is 0 Å². The first kappa shape index (κ1) is 12.8. The second-order valence-corrected chi connectivity index (χ2v) is 5.28. The molecule has 1 N–H and O–H groups in total. The van der Waals surface area contributed by atoms with Gasteiger partial charge in [0, 0.05) is 12.6 Å². The van der Waals surface area contributed by atoms with Crippen LogP contribution in [0.25, 0.3) is 0 Å². The van der Waals surface area contributed by atoms with Crippen LogP contribution >= 0.6 is 0 Å². The SMILES string of the molecule is CN(Cc1ncn[nH]1)C(=O)c1ccc2c(c1)CCCC2. The quantitative estimate of drug-likeness (QED) is 0.927. The van der Waals surface area contributed by atoms with E-state index in [0.717, 1.165) is 18.4 Å². The monoisotopic (exact) mass is 270 g/mol. The van der Waals surface area contributed by atoms with Crippen molar-refractivity contribution in [3.8, 4) is 0 Å². The summed E-state index contributed by atoms with van der Waals surface area (Å²) in [5, 5.41) is 6.56. The molecule has 5 nitrogen and oxygen atoms in total. The molecule has 3 rings (SSSR count). The zero-order chi connectivity index (χ0) is 13.9. The van der Waals surface area contributed by atoms with E-state index in [1.54, 1.807) is 11.9 Å². The summed E-state index contributed by atoms with van der Waals surface area (Å²) in [5.41, 5.74) is 3.48. The van der Waals surface area contributed by atoms with E-state index in [9.17, 15) is 4.79 Å². The molecule has 5 heteroatoms. The topological polar surface area (TPSA) is 61.9 Å². The van der Waals surface area contributed by atoms with E-state index in [0.29, 0.717) is 12.4 Å². The molecule has 1 aromatic carbocycles. The molecule has 20 heavy (non-hydrogen) atoms. The number of H-pyrrole nitrogens is 1. The molecule has 2 aromatic rings. The number of nitrogens with one attached hydrogen (secondary N) is 1. The summed E-state index contributed by atoms with van der Waals surface area (Å²) < 4.78 is 0. The molecule has 0 aliphatic heterocycles. The average Bonchev–Trinajstić information content (AvgIpc) is 2.99. The first-order chi connectivity index (χ1) is 9.74. The summed E-state index contributed by atoms with van der Waals surface area (Å²) in [5.74, 6) is 0.716. The number of amides is 1. The third-order valence-corrected chi connectivity index (χ3v) is 3.79. The minimum atomic E-state index is 0.0229. The third kappa shape index (κ3) is 2.57. The largest absolute Gasteiger partial charge is 0.334 e. The zero-order valence-electron chi connectivity index (χ0n) is 11.6. The molecule has 0 unspecified atom stereocenters. The minimum absolute atomic E-state index is 0.0229. The van der Waals surface area contributed by atoms with Crippen molar-refractivity contribution in [1.29, 1.82) is 0 Å². The van der Waals surface area contributed by atoms with E-state index in [1.807, 2.05) is 12.1 Å².